The molecule has 1 aromatic carbocycles. The van der Waals surface area contributed by atoms with Crippen molar-refractivity contribution >= 4 is 17.6 Å². The summed E-state index contributed by atoms with van der Waals surface area (Å²) in [5.74, 6) is -4.45. The number of unbranched alkanes of at least 4 members (excludes halogenated alkanes) is 2. The molecule has 0 spiro atoms. The molecule has 1 aromatic rings. The SMILES string of the molecule is CCCCCC1(N2C(=O)C(C(=O)[O-])c3ccccc32)OCCO1. The average Bonchev–Trinajstić information content (AvgIpc) is 3.09. The van der Waals surface area contributed by atoms with E-state index in [0.717, 1.165) is 19.3 Å². The molecule has 2 aliphatic heterocycles. The maximum atomic E-state index is 12.8. The highest BCUT2D eigenvalue weighted by molar-refractivity contribution is 6.15. The molecule has 1 fully saturated rings. The predicted molar refractivity (Wildman–Crippen MR) is 80.5 cm³/mol. The summed E-state index contributed by atoms with van der Waals surface area (Å²) in [5.41, 5.74) is 0.969. The van der Waals surface area contributed by atoms with E-state index in [1.807, 2.05) is 0 Å². The van der Waals surface area contributed by atoms with E-state index in [4.69, 9.17) is 9.47 Å². The van der Waals surface area contributed by atoms with Crippen molar-refractivity contribution in [1.82, 2.24) is 0 Å². The molecule has 0 saturated carbocycles. The van der Waals surface area contributed by atoms with Gasteiger partial charge in [-0.3, -0.25) is 9.69 Å². The first-order chi connectivity index (χ1) is 11.1. The highest BCUT2D eigenvalue weighted by Gasteiger charge is 2.52. The number of fused-ring (bicyclic) bond motifs is 1. The number of anilines is 1. The lowest BCUT2D eigenvalue weighted by molar-refractivity contribution is -0.306. The Hall–Kier alpha value is -1.92. The fourth-order valence-electron chi connectivity index (χ4n) is 3.32. The average molecular weight is 318 g/mol. The lowest BCUT2D eigenvalue weighted by Crippen LogP contribution is -2.53. The van der Waals surface area contributed by atoms with Gasteiger partial charge in [0.05, 0.1) is 24.9 Å². The fourth-order valence-corrected chi connectivity index (χ4v) is 3.32. The van der Waals surface area contributed by atoms with Crippen LogP contribution in [0.5, 0.6) is 0 Å². The summed E-state index contributed by atoms with van der Waals surface area (Å²) in [4.78, 5) is 25.6. The zero-order valence-electron chi connectivity index (χ0n) is 13.1. The number of hydrogen-bond acceptors (Lipinski definition) is 5. The Balaban J connectivity index is 2.00. The topological polar surface area (TPSA) is 78.9 Å². The first-order valence-electron chi connectivity index (χ1n) is 8.02. The Morgan fingerprint density at radius 3 is 2.65 bits per heavy atom. The van der Waals surface area contributed by atoms with Crippen molar-refractivity contribution in [3.8, 4) is 0 Å². The molecule has 0 N–H and O–H groups in total. The smallest absolute Gasteiger partial charge is 0.258 e. The predicted octanol–water partition coefficient (Wildman–Crippen LogP) is 1.15. The maximum Gasteiger partial charge on any atom is 0.258 e. The van der Waals surface area contributed by atoms with E-state index in [1.54, 1.807) is 24.3 Å². The third-order valence-electron chi connectivity index (χ3n) is 4.37. The summed E-state index contributed by atoms with van der Waals surface area (Å²) in [7, 11) is 0. The number of carboxylic acid groups (broad SMARTS) is 1. The summed E-state index contributed by atoms with van der Waals surface area (Å²) in [5, 5.41) is 11.5. The summed E-state index contributed by atoms with van der Waals surface area (Å²) in [6.07, 6.45) is 3.36. The normalized spacial score (nSPS) is 22.4. The Kier molecular flexibility index (Phi) is 4.37. The second-order valence-corrected chi connectivity index (χ2v) is 5.85. The Labute approximate surface area is 135 Å². The number of nitrogens with zero attached hydrogens (tertiary/aromatic N) is 1. The molecule has 2 heterocycles. The second-order valence-electron chi connectivity index (χ2n) is 5.85. The van der Waals surface area contributed by atoms with Crippen LogP contribution in [0.1, 0.15) is 44.1 Å². The van der Waals surface area contributed by atoms with Gasteiger partial charge >= 0.3 is 0 Å². The molecule has 3 rings (SSSR count). The minimum absolute atomic E-state index is 0.383. The molecule has 1 saturated heterocycles. The Morgan fingerprint density at radius 1 is 1.30 bits per heavy atom. The van der Waals surface area contributed by atoms with Crippen LogP contribution >= 0.6 is 0 Å². The van der Waals surface area contributed by atoms with Crippen LogP contribution in [0.3, 0.4) is 0 Å². The minimum atomic E-state index is -1.40. The molecular weight excluding hydrogens is 298 g/mol. The van der Waals surface area contributed by atoms with Crippen LogP contribution in [0.2, 0.25) is 0 Å². The van der Waals surface area contributed by atoms with Gasteiger partial charge in [-0.2, -0.15) is 0 Å². The molecule has 2 aliphatic rings. The zero-order chi connectivity index (χ0) is 16.4. The van der Waals surface area contributed by atoms with E-state index in [2.05, 4.69) is 6.92 Å². The first-order valence-corrected chi connectivity index (χ1v) is 8.02. The number of hydrogen-bond donors (Lipinski definition) is 0. The molecular formula is C17H20NO5-. The second kappa shape index (κ2) is 6.29. The fraction of sp³-hybridized carbons (Fsp3) is 0.529. The van der Waals surface area contributed by atoms with Gasteiger partial charge in [-0.25, -0.2) is 0 Å². The zero-order valence-corrected chi connectivity index (χ0v) is 13.1. The number of carbonyl (C=O) groups excluding carboxylic acids is 2. The molecule has 1 unspecified atom stereocenters. The van der Waals surface area contributed by atoms with Crippen molar-refractivity contribution in [3.05, 3.63) is 29.8 Å². The molecule has 0 bridgehead atoms. The van der Waals surface area contributed by atoms with Crippen LogP contribution in [0, 0.1) is 0 Å². The summed E-state index contributed by atoms with van der Waals surface area (Å²) >= 11 is 0. The molecule has 0 aromatic heterocycles. The number of aliphatic carboxylic acids is 1. The number of carboxylic acids is 1. The van der Waals surface area contributed by atoms with Crippen molar-refractivity contribution in [2.75, 3.05) is 18.1 Å². The maximum absolute atomic E-state index is 12.8. The lowest BCUT2D eigenvalue weighted by Gasteiger charge is -2.37. The quantitative estimate of drug-likeness (QED) is 0.581. The van der Waals surface area contributed by atoms with Crippen LogP contribution in [0.4, 0.5) is 5.69 Å². The molecule has 0 radical (unpaired) electrons. The van der Waals surface area contributed by atoms with Crippen LogP contribution in [-0.2, 0) is 19.1 Å². The largest absolute Gasteiger partial charge is 0.549 e. The molecule has 124 valence electrons. The molecule has 1 atom stereocenters. The van der Waals surface area contributed by atoms with Crippen LogP contribution in [0.25, 0.3) is 0 Å². The van der Waals surface area contributed by atoms with Crippen molar-refractivity contribution in [2.24, 2.45) is 0 Å². The Bertz CT molecular complexity index is 609. The monoisotopic (exact) mass is 318 g/mol. The van der Waals surface area contributed by atoms with Crippen LogP contribution < -0.4 is 10.0 Å². The van der Waals surface area contributed by atoms with Gasteiger partial charge in [-0.1, -0.05) is 38.0 Å². The third kappa shape index (κ3) is 2.62. The standard InChI is InChI=1S/C17H21NO5/c1-2-3-6-9-17(22-10-11-23-17)18-13-8-5-4-7-12(13)14(15(18)19)16(20)21/h4-5,7-8,14H,2-3,6,9-11H2,1H3,(H,20,21)/p-1. The highest BCUT2D eigenvalue weighted by Crippen LogP contribution is 2.44. The van der Waals surface area contributed by atoms with Gasteiger partial charge in [0.25, 0.3) is 5.91 Å². The van der Waals surface area contributed by atoms with E-state index in [9.17, 15) is 14.7 Å². The van der Waals surface area contributed by atoms with Crippen molar-refractivity contribution < 1.29 is 24.2 Å². The lowest BCUT2D eigenvalue weighted by atomic mass is 10.0. The minimum Gasteiger partial charge on any atom is -0.549 e. The molecule has 6 heteroatoms. The number of amides is 1. The molecule has 0 aliphatic carbocycles. The van der Waals surface area contributed by atoms with E-state index in [0.29, 0.717) is 30.9 Å². The van der Waals surface area contributed by atoms with Gasteiger partial charge in [0.15, 0.2) is 0 Å². The van der Waals surface area contributed by atoms with E-state index < -0.39 is 23.7 Å². The number of carbonyl (C=O) groups is 2. The number of rotatable bonds is 6. The molecule has 23 heavy (non-hydrogen) atoms. The molecule has 1 amide bonds. The third-order valence-corrected chi connectivity index (χ3v) is 4.37. The number of para-hydroxylation sites is 1. The van der Waals surface area contributed by atoms with Crippen molar-refractivity contribution in [2.45, 2.75) is 44.4 Å². The number of ether oxygens (including phenoxy) is 2. The van der Waals surface area contributed by atoms with Gasteiger partial charge in [0.1, 0.15) is 5.92 Å². The van der Waals surface area contributed by atoms with Gasteiger partial charge in [0, 0.05) is 6.42 Å². The van der Waals surface area contributed by atoms with E-state index in [-0.39, 0.29) is 0 Å². The summed E-state index contributed by atoms with van der Waals surface area (Å²) in [6, 6.07) is 6.85. The van der Waals surface area contributed by atoms with Gasteiger partial charge in [0.2, 0.25) is 5.91 Å². The van der Waals surface area contributed by atoms with Gasteiger partial charge in [-0.15, -0.1) is 0 Å². The summed E-state index contributed by atoms with van der Waals surface area (Å²) < 4.78 is 11.6. The van der Waals surface area contributed by atoms with Crippen LogP contribution in [-0.4, -0.2) is 31.0 Å². The molecule has 6 nitrogen and oxygen atoms in total. The van der Waals surface area contributed by atoms with E-state index >= 15 is 0 Å². The van der Waals surface area contributed by atoms with Gasteiger partial charge < -0.3 is 19.4 Å². The Morgan fingerprint density at radius 2 is 2.00 bits per heavy atom. The van der Waals surface area contributed by atoms with E-state index in [1.165, 1.54) is 4.90 Å². The van der Waals surface area contributed by atoms with Gasteiger partial charge in [-0.05, 0) is 18.1 Å². The van der Waals surface area contributed by atoms with Crippen molar-refractivity contribution in [3.63, 3.8) is 0 Å². The highest BCUT2D eigenvalue weighted by atomic mass is 16.8. The summed E-state index contributed by atoms with van der Waals surface area (Å²) in [6.45, 7) is 2.85. The van der Waals surface area contributed by atoms with Crippen LogP contribution in [0.15, 0.2) is 24.3 Å². The first kappa shape index (κ1) is 16.0. The van der Waals surface area contributed by atoms with Crippen molar-refractivity contribution in [1.29, 1.82) is 0 Å². The number of benzene rings is 1.